The van der Waals surface area contributed by atoms with E-state index in [1.165, 1.54) is 0 Å². The molecule has 0 aromatic heterocycles. The lowest BCUT2D eigenvalue weighted by Gasteiger charge is -2.08. The number of halogens is 1. The molecule has 0 bridgehead atoms. The molecule has 0 aliphatic carbocycles. The van der Waals surface area contributed by atoms with Crippen molar-refractivity contribution in [1.29, 1.82) is 0 Å². The molecule has 108 valence electrons. The number of rotatable bonds is 3. The van der Waals surface area contributed by atoms with E-state index in [1.54, 1.807) is 49.5 Å². The summed E-state index contributed by atoms with van der Waals surface area (Å²) in [7, 11) is 1.56. The summed E-state index contributed by atoms with van der Waals surface area (Å²) in [5, 5.41) is 5.27. The van der Waals surface area contributed by atoms with E-state index < -0.39 is 0 Å². The maximum absolute atomic E-state index is 12.1. The summed E-state index contributed by atoms with van der Waals surface area (Å²) in [5.41, 5.74) is 7.72. The molecule has 0 heterocycles. The fourth-order valence-corrected chi connectivity index (χ4v) is 2.17. The molecule has 0 aliphatic rings. The third kappa shape index (κ3) is 3.61. The van der Waals surface area contributed by atoms with Crippen LogP contribution in [0.3, 0.4) is 0 Å². The Kier molecular flexibility index (Phi) is 4.59. The van der Waals surface area contributed by atoms with Crippen molar-refractivity contribution in [1.82, 2.24) is 5.32 Å². The molecule has 2 aromatic rings. The first kappa shape index (κ1) is 15.1. The number of carbonyl (C=O) groups excluding carboxylic acids is 2. The highest BCUT2D eigenvalue weighted by Gasteiger charge is 2.10. The molecular weight excluding hydrogens is 334 g/mol. The van der Waals surface area contributed by atoms with E-state index in [-0.39, 0.29) is 11.8 Å². The fraction of sp³-hybridized carbons (Fsp3) is 0.0667. The van der Waals surface area contributed by atoms with Crippen LogP contribution >= 0.6 is 15.9 Å². The second-order valence-corrected chi connectivity index (χ2v) is 5.26. The Labute approximate surface area is 130 Å². The van der Waals surface area contributed by atoms with Gasteiger partial charge in [-0.05, 0) is 42.5 Å². The summed E-state index contributed by atoms with van der Waals surface area (Å²) in [6.45, 7) is 0. The van der Waals surface area contributed by atoms with Crippen molar-refractivity contribution in [3.05, 3.63) is 58.1 Å². The van der Waals surface area contributed by atoms with E-state index in [1.807, 2.05) is 0 Å². The van der Waals surface area contributed by atoms with Crippen LogP contribution in [0.4, 0.5) is 11.4 Å². The highest BCUT2D eigenvalue weighted by molar-refractivity contribution is 9.10. The van der Waals surface area contributed by atoms with Gasteiger partial charge in [-0.25, -0.2) is 0 Å². The quantitative estimate of drug-likeness (QED) is 0.746. The molecule has 0 unspecified atom stereocenters. The van der Waals surface area contributed by atoms with Crippen LogP contribution in [-0.2, 0) is 0 Å². The van der Waals surface area contributed by atoms with Gasteiger partial charge in [0.1, 0.15) is 0 Å². The van der Waals surface area contributed by atoms with Crippen molar-refractivity contribution < 1.29 is 9.59 Å². The third-order valence-electron chi connectivity index (χ3n) is 2.89. The lowest BCUT2D eigenvalue weighted by atomic mass is 10.1. The van der Waals surface area contributed by atoms with Crippen LogP contribution in [0.15, 0.2) is 46.9 Å². The summed E-state index contributed by atoms with van der Waals surface area (Å²) in [4.78, 5) is 23.6. The van der Waals surface area contributed by atoms with Crippen LogP contribution in [-0.4, -0.2) is 18.9 Å². The maximum Gasteiger partial charge on any atom is 0.257 e. The Bertz CT molecular complexity index is 684. The second-order valence-electron chi connectivity index (χ2n) is 4.34. The number of hydrogen-bond acceptors (Lipinski definition) is 3. The van der Waals surface area contributed by atoms with Crippen molar-refractivity contribution in [3.8, 4) is 0 Å². The Morgan fingerprint density at radius 1 is 1.05 bits per heavy atom. The molecule has 0 aliphatic heterocycles. The summed E-state index contributed by atoms with van der Waals surface area (Å²) >= 11 is 3.29. The van der Waals surface area contributed by atoms with Crippen LogP contribution in [0, 0.1) is 0 Å². The summed E-state index contributed by atoms with van der Waals surface area (Å²) in [6.07, 6.45) is 0. The maximum atomic E-state index is 12.1. The normalized spacial score (nSPS) is 10.0. The van der Waals surface area contributed by atoms with Crippen LogP contribution < -0.4 is 16.4 Å². The zero-order chi connectivity index (χ0) is 15.4. The molecule has 2 aromatic carbocycles. The van der Waals surface area contributed by atoms with Crippen molar-refractivity contribution >= 4 is 39.1 Å². The number of benzene rings is 2. The standard InChI is InChI=1S/C15H14BrN3O2/c1-18-14(20)9-2-5-11(6-3-9)19-15(21)12-7-4-10(16)8-13(12)17/h2-8H,17H2,1H3,(H,18,20)(H,19,21). The van der Waals surface area contributed by atoms with Gasteiger partial charge in [0, 0.05) is 28.5 Å². The number of anilines is 2. The lowest BCUT2D eigenvalue weighted by molar-refractivity contribution is 0.0962. The number of hydrogen-bond donors (Lipinski definition) is 3. The highest BCUT2D eigenvalue weighted by atomic mass is 79.9. The zero-order valence-corrected chi connectivity index (χ0v) is 12.9. The van der Waals surface area contributed by atoms with E-state index >= 15 is 0 Å². The predicted octanol–water partition coefficient (Wildman–Crippen LogP) is 2.64. The number of carbonyl (C=O) groups is 2. The Morgan fingerprint density at radius 3 is 2.29 bits per heavy atom. The van der Waals surface area contributed by atoms with Crippen molar-refractivity contribution in [2.75, 3.05) is 18.1 Å². The van der Waals surface area contributed by atoms with E-state index in [0.29, 0.717) is 22.5 Å². The molecule has 4 N–H and O–H groups in total. The first-order chi connectivity index (χ1) is 10.0. The minimum Gasteiger partial charge on any atom is -0.398 e. The molecule has 6 heteroatoms. The third-order valence-corrected chi connectivity index (χ3v) is 3.38. The Morgan fingerprint density at radius 2 is 1.71 bits per heavy atom. The van der Waals surface area contributed by atoms with Gasteiger partial charge in [0.25, 0.3) is 11.8 Å². The average molecular weight is 348 g/mol. The van der Waals surface area contributed by atoms with E-state index in [4.69, 9.17) is 5.73 Å². The van der Waals surface area contributed by atoms with Gasteiger partial charge in [-0.15, -0.1) is 0 Å². The summed E-state index contributed by atoms with van der Waals surface area (Å²) in [6, 6.07) is 11.7. The van der Waals surface area contributed by atoms with Crippen molar-refractivity contribution in [2.45, 2.75) is 0 Å². The molecule has 2 rings (SSSR count). The van der Waals surface area contributed by atoms with Crippen LogP contribution in [0.2, 0.25) is 0 Å². The summed E-state index contributed by atoms with van der Waals surface area (Å²) < 4.78 is 0.812. The van der Waals surface area contributed by atoms with Gasteiger partial charge in [0.2, 0.25) is 0 Å². The molecular formula is C15H14BrN3O2. The fourth-order valence-electron chi connectivity index (χ4n) is 1.79. The Balaban J connectivity index is 2.14. The van der Waals surface area contributed by atoms with Crippen LogP contribution in [0.25, 0.3) is 0 Å². The van der Waals surface area contributed by atoms with Crippen molar-refractivity contribution in [3.63, 3.8) is 0 Å². The second kappa shape index (κ2) is 6.41. The van der Waals surface area contributed by atoms with E-state index in [9.17, 15) is 9.59 Å². The molecule has 5 nitrogen and oxygen atoms in total. The van der Waals surface area contributed by atoms with Gasteiger partial charge < -0.3 is 16.4 Å². The topological polar surface area (TPSA) is 84.2 Å². The van der Waals surface area contributed by atoms with Gasteiger partial charge >= 0.3 is 0 Å². The molecule has 0 atom stereocenters. The number of amides is 2. The van der Waals surface area contributed by atoms with E-state index in [2.05, 4.69) is 26.6 Å². The van der Waals surface area contributed by atoms with Gasteiger partial charge in [-0.1, -0.05) is 15.9 Å². The SMILES string of the molecule is CNC(=O)c1ccc(NC(=O)c2ccc(Br)cc2N)cc1. The molecule has 0 radical (unpaired) electrons. The zero-order valence-electron chi connectivity index (χ0n) is 11.3. The Hall–Kier alpha value is -2.34. The monoisotopic (exact) mass is 347 g/mol. The van der Waals surface area contributed by atoms with Crippen LogP contribution in [0.5, 0.6) is 0 Å². The average Bonchev–Trinajstić information content (AvgIpc) is 2.47. The predicted molar refractivity (Wildman–Crippen MR) is 86.3 cm³/mol. The summed E-state index contributed by atoms with van der Waals surface area (Å²) in [5.74, 6) is -0.474. The minimum atomic E-state index is -0.298. The van der Waals surface area contributed by atoms with Gasteiger partial charge in [0.05, 0.1) is 5.56 Å². The number of nitrogen functional groups attached to an aromatic ring is 1. The number of nitrogens with two attached hydrogens (primary N) is 1. The molecule has 0 saturated heterocycles. The number of nitrogens with one attached hydrogen (secondary N) is 2. The van der Waals surface area contributed by atoms with E-state index in [0.717, 1.165) is 4.47 Å². The smallest absolute Gasteiger partial charge is 0.257 e. The van der Waals surface area contributed by atoms with Gasteiger partial charge in [-0.2, -0.15) is 0 Å². The first-order valence-corrected chi connectivity index (χ1v) is 6.99. The molecule has 0 spiro atoms. The molecule has 21 heavy (non-hydrogen) atoms. The molecule has 0 fully saturated rings. The lowest BCUT2D eigenvalue weighted by Crippen LogP contribution is -2.18. The van der Waals surface area contributed by atoms with Gasteiger partial charge in [0.15, 0.2) is 0 Å². The first-order valence-electron chi connectivity index (χ1n) is 6.20. The molecule has 2 amide bonds. The minimum absolute atomic E-state index is 0.176. The van der Waals surface area contributed by atoms with Gasteiger partial charge in [-0.3, -0.25) is 9.59 Å². The van der Waals surface area contributed by atoms with Crippen LogP contribution in [0.1, 0.15) is 20.7 Å². The highest BCUT2D eigenvalue weighted by Crippen LogP contribution is 2.20. The largest absolute Gasteiger partial charge is 0.398 e. The molecule has 0 saturated carbocycles. The van der Waals surface area contributed by atoms with Crippen molar-refractivity contribution in [2.24, 2.45) is 0 Å².